The summed E-state index contributed by atoms with van der Waals surface area (Å²) < 4.78 is 0. The van der Waals surface area contributed by atoms with Crippen LogP contribution in [0.2, 0.25) is 0 Å². The number of likely N-dealkylation sites (tertiary alicyclic amines) is 1. The van der Waals surface area contributed by atoms with Gasteiger partial charge in [-0.05, 0) is 50.9 Å². The quantitative estimate of drug-likeness (QED) is 0.887. The molecule has 0 spiro atoms. The number of nitrogens with one attached hydrogen (secondary N) is 1. The molecule has 1 aromatic rings. The topological polar surface area (TPSA) is 56.4 Å². The number of carbonyl (C=O) groups is 1. The van der Waals surface area contributed by atoms with Gasteiger partial charge in [-0.1, -0.05) is 0 Å². The van der Waals surface area contributed by atoms with Crippen molar-refractivity contribution in [1.82, 2.24) is 14.8 Å². The Morgan fingerprint density at radius 3 is 2.70 bits per heavy atom. The van der Waals surface area contributed by atoms with Crippen LogP contribution >= 0.6 is 0 Å². The van der Waals surface area contributed by atoms with Crippen molar-refractivity contribution in [2.24, 2.45) is 11.8 Å². The summed E-state index contributed by atoms with van der Waals surface area (Å²) in [7, 11) is 4.15. The number of aromatic amines is 1. The molecule has 3 rings (SSSR count). The number of carbonyl (C=O) groups excluding carboxylic acids is 1. The lowest BCUT2D eigenvalue weighted by molar-refractivity contribution is 0.0778. The van der Waals surface area contributed by atoms with Gasteiger partial charge < -0.3 is 14.8 Å². The van der Waals surface area contributed by atoms with Gasteiger partial charge in [-0.3, -0.25) is 9.59 Å². The van der Waals surface area contributed by atoms with Gasteiger partial charge in [-0.2, -0.15) is 0 Å². The van der Waals surface area contributed by atoms with Crippen LogP contribution in [0.1, 0.15) is 23.2 Å². The lowest BCUT2D eigenvalue weighted by Gasteiger charge is -2.24. The van der Waals surface area contributed by atoms with Crippen molar-refractivity contribution in [3.05, 3.63) is 34.2 Å². The van der Waals surface area contributed by atoms with Crippen LogP contribution in [0.4, 0.5) is 0 Å². The van der Waals surface area contributed by atoms with Crippen LogP contribution in [0.15, 0.2) is 23.1 Å². The Kier molecular flexibility index (Phi) is 3.38. The fourth-order valence-electron chi connectivity index (χ4n) is 3.27. The molecule has 108 valence electrons. The summed E-state index contributed by atoms with van der Waals surface area (Å²) in [6.45, 7) is 1.50. The van der Waals surface area contributed by atoms with Crippen LogP contribution in [0.5, 0.6) is 0 Å². The SMILES string of the molecule is CN(C)[C@H]1CN(C(=O)c2ccc[nH]c2=O)C[C@@H]1C1CC1. The Hall–Kier alpha value is -1.62. The Morgan fingerprint density at radius 1 is 1.35 bits per heavy atom. The van der Waals surface area contributed by atoms with Gasteiger partial charge in [-0.15, -0.1) is 0 Å². The van der Waals surface area contributed by atoms with E-state index in [1.54, 1.807) is 18.3 Å². The molecule has 20 heavy (non-hydrogen) atoms. The minimum Gasteiger partial charge on any atom is -0.337 e. The van der Waals surface area contributed by atoms with Gasteiger partial charge >= 0.3 is 0 Å². The van der Waals surface area contributed by atoms with Crippen LogP contribution in [0.3, 0.4) is 0 Å². The maximum atomic E-state index is 12.5. The fraction of sp³-hybridized carbons (Fsp3) is 0.600. The lowest BCUT2D eigenvalue weighted by atomic mass is 9.97. The second kappa shape index (κ2) is 5.05. The monoisotopic (exact) mass is 275 g/mol. The molecule has 2 fully saturated rings. The van der Waals surface area contributed by atoms with E-state index in [9.17, 15) is 9.59 Å². The molecule has 1 aromatic heterocycles. The van der Waals surface area contributed by atoms with E-state index in [0.717, 1.165) is 19.0 Å². The molecule has 1 amide bonds. The molecule has 1 saturated carbocycles. The molecular weight excluding hydrogens is 254 g/mol. The third-order valence-electron chi connectivity index (χ3n) is 4.56. The molecular formula is C15H21N3O2. The summed E-state index contributed by atoms with van der Waals surface area (Å²) in [6, 6.07) is 3.72. The molecule has 0 bridgehead atoms. The maximum Gasteiger partial charge on any atom is 0.260 e. The van der Waals surface area contributed by atoms with Gasteiger partial charge in [0.15, 0.2) is 0 Å². The Balaban J connectivity index is 1.80. The molecule has 0 unspecified atom stereocenters. The van der Waals surface area contributed by atoms with Gasteiger partial charge in [-0.25, -0.2) is 0 Å². The van der Waals surface area contributed by atoms with Gasteiger partial charge in [0.1, 0.15) is 5.56 Å². The number of amides is 1. The van der Waals surface area contributed by atoms with Gasteiger partial charge in [0.2, 0.25) is 0 Å². The molecule has 1 N–H and O–H groups in total. The highest BCUT2D eigenvalue weighted by Gasteiger charge is 2.44. The number of rotatable bonds is 3. The largest absolute Gasteiger partial charge is 0.337 e. The number of nitrogens with zero attached hydrogens (tertiary/aromatic N) is 2. The van der Waals surface area contributed by atoms with Crippen molar-refractivity contribution in [2.45, 2.75) is 18.9 Å². The third kappa shape index (κ3) is 2.38. The van der Waals surface area contributed by atoms with E-state index in [1.165, 1.54) is 12.8 Å². The molecule has 0 aromatic carbocycles. The van der Waals surface area contributed by atoms with Crippen LogP contribution < -0.4 is 5.56 Å². The van der Waals surface area contributed by atoms with Crippen LogP contribution in [-0.2, 0) is 0 Å². The van der Waals surface area contributed by atoms with Crippen molar-refractivity contribution < 1.29 is 4.79 Å². The van der Waals surface area contributed by atoms with Crippen molar-refractivity contribution in [3.8, 4) is 0 Å². The standard InChI is InChI=1S/C15H21N3O2/c1-17(2)13-9-18(8-12(13)10-5-6-10)15(20)11-4-3-7-16-14(11)19/h3-4,7,10,12-13H,5-6,8-9H2,1-2H3,(H,16,19)/t12-,13+/m1/s1. The average Bonchev–Trinajstić information content (AvgIpc) is 3.17. The predicted octanol–water partition coefficient (Wildman–Crippen LogP) is 0.787. The average molecular weight is 275 g/mol. The number of hydrogen-bond acceptors (Lipinski definition) is 3. The zero-order chi connectivity index (χ0) is 14.3. The highest BCUT2D eigenvalue weighted by Crippen LogP contribution is 2.42. The minimum atomic E-state index is -0.297. The molecule has 5 heteroatoms. The molecule has 2 heterocycles. The molecule has 1 aliphatic heterocycles. The Morgan fingerprint density at radius 2 is 2.10 bits per heavy atom. The first-order chi connectivity index (χ1) is 9.58. The van der Waals surface area contributed by atoms with Crippen LogP contribution in [-0.4, -0.2) is 53.9 Å². The van der Waals surface area contributed by atoms with E-state index in [1.807, 2.05) is 4.90 Å². The summed E-state index contributed by atoms with van der Waals surface area (Å²) >= 11 is 0. The van der Waals surface area contributed by atoms with Gasteiger partial charge in [0.05, 0.1) is 0 Å². The molecule has 0 radical (unpaired) electrons. The zero-order valence-electron chi connectivity index (χ0n) is 12.0. The summed E-state index contributed by atoms with van der Waals surface area (Å²) in [4.78, 5) is 30.9. The van der Waals surface area contributed by atoms with Crippen molar-refractivity contribution in [1.29, 1.82) is 0 Å². The first-order valence-electron chi connectivity index (χ1n) is 7.21. The van der Waals surface area contributed by atoms with E-state index < -0.39 is 0 Å². The van der Waals surface area contributed by atoms with Crippen molar-refractivity contribution in [3.63, 3.8) is 0 Å². The smallest absolute Gasteiger partial charge is 0.260 e. The molecule has 2 atom stereocenters. The predicted molar refractivity (Wildman–Crippen MR) is 76.7 cm³/mol. The lowest BCUT2D eigenvalue weighted by Crippen LogP contribution is -2.37. The highest BCUT2D eigenvalue weighted by molar-refractivity contribution is 5.94. The molecule has 1 aliphatic carbocycles. The number of hydrogen-bond donors (Lipinski definition) is 1. The van der Waals surface area contributed by atoms with E-state index >= 15 is 0 Å². The number of pyridine rings is 1. The summed E-state index contributed by atoms with van der Waals surface area (Å²) in [6.07, 6.45) is 4.12. The number of likely N-dealkylation sites (N-methyl/N-ethyl adjacent to an activating group) is 1. The van der Waals surface area contributed by atoms with Crippen LogP contribution in [0, 0.1) is 11.8 Å². The minimum absolute atomic E-state index is 0.137. The second-order valence-corrected chi connectivity index (χ2v) is 6.16. The van der Waals surface area contributed by atoms with E-state index in [2.05, 4.69) is 24.0 Å². The van der Waals surface area contributed by atoms with E-state index in [4.69, 9.17) is 0 Å². The van der Waals surface area contributed by atoms with Gasteiger partial charge in [0.25, 0.3) is 11.5 Å². The summed E-state index contributed by atoms with van der Waals surface area (Å²) in [5.74, 6) is 1.17. The Bertz CT molecular complexity index is 552. The second-order valence-electron chi connectivity index (χ2n) is 6.16. The highest BCUT2D eigenvalue weighted by atomic mass is 16.2. The van der Waals surface area contributed by atoms with Crippen molar-refractivity contribution >= 4 is 5.91 Å². The summed E-state index contributed by atoms with van der Waals surface area (Å²) in [5, 5.41) is 0. The summed E-state index contributed by atoms with van der Waals surface area (Å²) in [5.41, 5.74) is -0.0461. The molecule has 5 nitrogen and oxygen atoms in total. The maximum absolute atomic E-state index is 12.5. The number of aromatic nitrogens is 1. The zero-order valence-corrected chi connectivity index (χ0v) is 12.0. The Labute approximate surface area is 118 Å². The fourth-order valence-corrected chi connectivity index (χ4v) is 3.27. The molecule has 2 aliphatic rings. The normalized spacial score (nSPS) is 26.2. The first kappa shape index (κ1) is 13.4. The number of H-pyrrole nitrogens is 1. The third-order valence-corrected chi connectivity index (χ3v) is 4.56. The van der Waals surface area contributed by atoms with E-state index in [0.29, 0.717) is 12.0 Å². The molecule has 1 saturated heterocycles. The van der Waals surface area contributed by atoms with Gasteiger partial charge in [0, 0.05) is 25.3 Å². The van der Waals surface area contributed by atoms with Crippen LogP contribution in [0.25, 0.3) is 0 Å². The van der Waals surface area contributed by atoms with E-state index in [-0.39, 0.29) is 17.0 Å². The first-order valence-corrected chi connectivity index (χ1v) is 7.21. The van der Waals surface area contributed by atoms with Crippen molar-refractivity contribution in [2.75, 3.05) is 27.2 Å².